The van der Waals surface area contributed by atoms with Crippen LogP contribution < -0.4 is 0 Å². The SMILES string of the molecule is CCCCC1(CCCC)O[C@@]12O[C@@H]2CC(C)C. The summed E-state index contributed by atoms with van der Waals surface area (Å²) >= 11 is 0. The first kappa shape index (κ1) is 13.4. The summed E-state index contributed by atoms with van der Waals surface area (Å²) in [6.07, 6.45) is 8.96. The van der Waals surface area contributed by atoms with Crippen LogP contribution >= 0.6 is 0 Å². The summed E-state index contributed by atoms with van der Waals surface area (Å²) in [5.74, 6) is 0.570. The van der Waals surface area contributed by atoms with E-state index in [1.807, 2.05) is 0 Å². The van der Waals surface area contributed by atoms with Gasteiger partial charge in [0.25, 0.3) is 0 Å². The van der Waals surface area contributed by atoms with Gasteiger partial charge in [0, 0.05) is 0 Å². The lowest BCUT2D eigenvalue weighted by Crippen LogP contribution is -2.19. The smallest absolute Gasteiger partial charge is 0.226 e. The first-order valence-corrected chi connectivity index (χ1v) is 7.48. The van der Waals surface area contributed by atoms with E-state index in [9.17, 15) is 0 Å². The molecule has 0 unspecified atom stereocenters. The Kier molecular flexibility index (Phi) is 3.84. The molecule has 0 N–H and O–H groups in total. The van der Waals surface area contributed by atoms with Crippen LogP contribution in [0.1, 0.15) is 72.6 Å². The van der Waals surface area contributed by atoms with Gasteiger partial charge in [-0.25, -0.2) is 0 Å². The van der Waals surface area contributed by atoms with Gasteiger partial charge in [-0.3, -0.25) is 0 Å². The minimum atomic E-state index is -0.137. The predicted molar refractivity (Wildman–Crippen MR) is 69.9 cm³/mol. The summed E-state index contributed by atoms with van der Waals surface area (Å²) in [4.78, 5) is 0. The van der Waals surface area contributed by atoms with Crippen LogP contribution in [0, 0.1) is 5.92 Å². The van der Waals surface area contributed by atoms with Gasteiger partial charge < -0.3 is 9.47 Å². The molecule has 0 amide bonds. The molecule has 0 aromatic carbocycles. The Morgan fingerprint density at radius 3 is 2.12 bits per heavy atom. The van der Waals surface area contributed by atoms with Crippen LogP contribution in [0.3, 0.4) is 0 Å². The summed E-state index contributed by atoms with van der Waals surface area (Å²) in [6, 6.07) is 0. The fourth-order valence-electron chi connectivity index (χ4n) is 3.06. The van der Waals surface area contributed by atoms with Crippen LogP contribution in [0.15, 0.2) is 0 Å². The Labute approximate surface area is 106 Å². The molecule has 2 heteroatoms. The van der Waals surface area contributed by atoms with Gasteiger partial charge in [-0.1, -0.05) is 53.4 Å². The van der Waals surface area contributed by atoms with Crippen molar-refractivity contribution in [2.45, 2.75) is 90.1 Å². The lowest BCUT2D eigenvalue weighted by Gasteiger charge is -2.10. The van der Waals surface area contributed by atoms with E-state index in [0.717, 1.165) is 6.42 Å². The third-order valence-electron chi connectivity index (χ3n) is 4.18. The third-order valence-corrected chi connectivity index (χ3v) is 4.18. The maximum Gasteiger partial charge on any atom is 0.226 e. The lowest BCUT2D eigenvalue weighted by molar-refractivity contribution is 0.224. The van der Waals surface area contributed by atoms with E-state index in [4.69, 9.17) is 9.47 Å². The highest BCUT2D eigenvalue weighted by molar-refractivity contribution is 5.22. The van der Waals surface area contributed by atoms with Crippen LogP contribution in [0.5, 0.6) is 0 Å². The highest BCUT2D eigenvalue weighted by atomic mass is 16.9. The number of epoxide rings is 2. The van der Waals surface area contributed by atoms with Crippen molar-refractivity contribution in [2.24, 2.45) is 5.92 Å². The zero-order chi connectivity index (χ0) is 12.5. The second-order valence-electron chi connectivity index (χ2n) is 6.21. The van der Waals surface area contributed by atoms with E-state index in [1.165, 1.54) is 38.5 Å². The van der Waals surface area contributed by atoms with Crippen molar-refractivity contribution in [3.05, 3.63) is 0 Å². The fourth-order valence-corrected chi connectivity index (χ4v) is 3.06. The number of unbranched alkanes of at least 4 members (excludes halogenated alkanes) is 2. The minimum absolute atomic E-state index is 0.0958. The van der Waals surface area contributed by atoms with E-state index in [1.54, 1.807) is 0 Å². The molecule has 2 rings (SSSR count). The molecule has 2 fully saturated rings. The molecule has 0 radical (unpaired) electrons. The van der Waals surface area contributed by atoms with E-state index >= 15 is 0 Å². The van der Waals surface area contributed by atoms with Crippen LogP contribution in [0.25, 0.3) is 0 Å². The standard InChI is InChI=1S/C15H28O2/c1-5-7-9-14(10-8-6-2)15(17-14)13(16-15)11-12(3)4/h12-13H,5-11H2,1-4H3/t13-,15-/m1/s1. The second kappa shape index (κ2) is 4.89. The first-order chi connectivity index (χ1) is 8.10. The molecule has 100 valence electrons. The molecule has 17 heavy (non-hydrogen) atoms. The van der Waals surface area contributed by atoms with Crippen molar-refractivity contribution < 1.29 is 9.47 Å². The van der Waals surface area contributed by atoms with Gasteiger partial charge in [-0.15, -0.1) is 0 Å². The topological polar surface area (TPSA) is 25.1 Å². The van der Waals surface area contributed by atoms with E-state index in [0.29, 0.717) is 12.0 Å². The average Bonchev–Trinajstić information content (AvgIpc) is 3.12. The zero-order valence-electron chi connectivity index (χ0n) is 11.9. The summed E-state index contributed by atoms with van der Waals surface area (Å²) < 4.78 is 12.0. The van der Waals surface area contributed by atoms with Crippen molar-refractivity contribution in [3.8, 4) is 0 Å². The summed E-state index contributed by atoms with van der Waals surface area (Å²) in [6.45, 7) is 9.03. The minimum Gasteiger partial charge on any atom is -0.336 e. The largest absolute Gasteiger partial charge is 0.336 e. The summed E-state index contributed by atoms with van der Waals surface area (Å²) in [5.41, 5.74) is 0.0958. The molecule has 2 atom stereocenters. The van der Waals surface area contributed by atoms with Crippen LogP contribution in [-0.4, -0.2) is 17.5 Å². The van der Waals surface area contributed by atoms with Gasteiger partial charge in [0.05, 0.1) is 0 Å². The molecule has 2 aliphatic rings. The molecular formula is C15H28O2. The van der Waals surface area contributed by atoms with Crippen LogP contribution in [0.2, 0.25) is 0 Å². The average molecular weight is 240 g/mol. The molecule has 2 aliphatic heterocycles. The molecule has 2 nitrogen and oxygen atoms in total. The monoisotopic (exact) mass is 240 g/mol. The van der Waals surface area contributed by atoms with Crippen molar-refractivity contribution in [2.75, 3.05) is 0 Å². The molecule has 1 spiro atoms. The summed E-state index contributed by atoms with van der Waals surface area (Å²) in [5, 5.41) is 0. The molecule has 0 aromatic rings. The highest BCUT2D eigenvalue weighted by Crippen LogP contribution is 2.68. The normalized spacial score (nSPS) is 33.4. The second-order valence-corrected chi connectivity index (χ2v) is 6.21. The van der Waals surface area contributed by atoms with E-state index < -0.39 is 0 Å². The van der Waals surface area contributed by atoms with E-state index in [-0.39, 0.29) is 11.4 Å². The molecule has 2 saturated heterocycles. The third kappa shape index (κ3) is 2.39. The Hall–Kier alpha value is -0.0800. The van der Waals surface area contributed by atoms with Crippen molar-refractivity contribution in [1.82, 2.24) is 0 Å². The van der Waals surface area contributed by atoms with Gasteiger partial charge in [-0.05, 0) is 25.2 Å². The number of hydrogen-bond donors (Lipinski definition) is 0. The Morgan fingerprint density at radius 1 is 1.06 bits per heavy atom. The van der Waals surface area contributed by atoms with Crippen molar-refractivity contribution >= 4 is 0 Å². The number of rotatable bonds is 8. The molecule has 2 heterocycles. The Balaban J connectivity index is 1.88. The first-order valence-electron chi connectivity index (χ1n) is 7.48. The Morgan fingerprint density at radius 2 is 1.65 bits per heavy atom. The predicted octanol–water partition coefficient (Wildman–Crippen LogP) is 4.28. The van der Waals surface area contributed by atoms with Gasteiger partial charge in [0.2, 0.25) is 5.79 Å². The maximum absolute atomic E-state index is 6.10. The quantitative estimate of drug-likeness (QED) is 0.592. The molecule has 0 aliphatic carbocycles. The Bertz CT molecular complexity index is 254. The van der Waals surface area contributed by atoms with Gasteiger partial charge in [-0.2, -0.15) is 0 Å². The highest BCUT2D eigenvalue weighted by Gasteiger charge is 2.84. The van der Waals surface area contributed by atoms with Crippen LogP contribution in [0.4, 0.5) is 0 Å². The molecular weight excluding hydrogens is 212 g/mol. The fraction of sp³-hybridized carbons (Fsp3) is 1.00. The van der Waals surface area contributed by atoms with Gasteiger partial charge in [0.1, 0.15) is 11.7 Å². The van der Waals surface area contributed by atoms with Crippen molar-refractivity contribution in [1.29, 1.82) is 0 Å². The maximum atomic E-state index is 6.10. The van der Waals surface area contributed by atoms with Crippen LogP contribution in [-0.2, 0) is 9.47 Å². The molecule has 0 saturated carbocycles. The molecule has 0 bridgehead atoms. The van der Waals surface area contributed by atoms with Gasteiger partial charge in [0.15, 0.2) is 0 Å². The number of hydrogen-bond acceptors (Lipinski definition) is 2. The summed E-state index contributed by atoms with van der Waals surface area (Å²) in [7, 11) is 0. The number of ether oxygens (including phenoxy) is 2. The zero-order valence-corrected chi connectivity index (χ0v) is 11.9. The van der Waals surface area contributed by atoms with Crippen molar-refractivity contribution in [3.63, 3.8) is 0 Å². The molecule has 0 aromatic heterocycles. The van der Waals surface area contributed by atoms with E-state index in [2.05, 4.69) is 27.7 Å². The lowest BCUT2D eigenvalue weighted by atomic mass is 9.89. The van der Waals surface area contributed by atoms with Gasteiger partial charge >= 0.3 is 0 Å².